The second-order valence-corrected chi connectivity index (χ2v) is 8.87. The van der Waals surface area contributed by atoms with Crippen LogP contribution < -0.4 is 4.74 Å². The van der Waals surface area contributed by atoms with Gasteiger partial charge in [-0.05, 0) is 84.9 Å². The Morgan fingerprint density at radius 1 is 1.00 bits per heavy atom. The number of aryl methyl sites for hydroxylation is 1. The molecule has 0 N–H and O–H groups in total. The highest BCUT2D eigenvalue weighted by atomic mass is 16.5. The highest BCUT2D eigenvalue weighted by Gasteiger charge is 2.22. The Bertz CT molecular complexity index is 817. The normalized spacial score (nSPS) is 19.9. The SMILES string of the molecule is CCc1cc(-c2ccc(C(=O)OC3CCC(C)CC3)cc2)ccc1OCC(C)CC. The fourth-order valence-corrected chi connectivity index (χ4v) is 3.89. The van der Waals surface area contributed by atoms with Crippen molar-refractivity contribution in [3.8, 4) is 16.9 Å². The number of ether oxygens (including phenoxy) is 2. The number of hydrogen-bond donors (Lipinski definition) is 0. The lowest BCUT2D eigenvalue weighted by Crippen LogP contribution is -2.23. The van der Waals surface area contributed by atoms with Crippen LogP contribution in [0.25, 0.3) is 11.1 Å². The van der Waals surface area contributed by atoms with Crippen LogP contribution in [0.15, 0.2) is 42.5 Å². The van der Waals surface area contributed by atoms with Gasteiger partial charge in [0.25, 0.3) is 0 Å². The Hall–Kier alpha value is -2.29. The number of benzene rings is 2. The summed E-state index contributed by atoms with van der Waals surface area (Å²) in [5.74, 6) is 2.07. The molecule has 3 rings (SSSR count). The van der Waals surface area contributed by atoms with Crippen molar-refractivity contribution >= 4 is 5.97 Å². The second-order valence-electron chi connectivity index (χ2n) is 8.87. The van der Waals surface area contributed by atoms with Crippen LogP contribution in [0.3, 0.4) is 0 Å². The van der Waals surface area contributed by atoms with Gasteiger partial charge >= 0.3 is 5.97 Å². The largest absolute Gasteiger partial charge is 0.493 e. The Labute approximate surface area is 181 Å². The van der Waals surface area contributed by atoms with E-state index < -0.39 is 0 Å². The molecule has 0 aromatic heterocycles. The van der Waals surface area contributed by atoms with Crippen LogP contribution in [-0.4, -0.2) is 18.7 Å². The summed E-state index contributed by atoms with van der Waals surface area (Å²) in [6, 6.07) is 14.1. The number of carbonyl (C=O) groups excluding carboxylic acids is 1. The summed E-state index contributed by atoms with van der Waals surface area (Å²) < 4.78 is 11.8. The number of rotatable bonds is 8. The molecule has 2 aromatic rings. The minimum Gasteiger partial charge on any atom is -0.493 e. The molecule has 3 heteroatoms. The van der Waals surface area contributed by atoms with Gasteiger partial charge in [0, 0.05) is 0 Å². The molecule has 1 saturated carbocycles. The number of hydrogen-bond acceptors (Lipinski definition) is 3. The molecule has 0 heterocycles. The first-order chi connectivity index (χ1) is 14.5. The van der Waals surface area contributed by atoms with E-state index in [-0.39, 0.29) is 12.1 Å². The summed E-state index contributed by atoms with van der Waals surface area (Å²) in [5, 5.41) is 0. The average Bonchev–Trinajstić information content (AvgIpc) is 2.78. The molecule has 1 aliphatic rings. The van der Waals surface area contributed by atoms with Crippen molar-refractivity contribution in [2.45, 2.75) is 72.3 Å². The van der Waals surface area contributed by atoms with Gasteiger partial charge < -0.3 is 9.47 Å². The predicted molar refractivity (Wildman–Crippen MR) is 123 cm³/mol. The standard InChI is InChI=1S/C27H36O3/c1-5-19(3)18-29-26-16-13-24(17-21(26)6-2)22-9-11-23(12-10-22)27(28)30-25-14-7-20(4)8-15-25/h9-13,16-17,19-20,25H,5-8,14-15,18H2,1-4H3. The van der Waals surface area contributed by atoms with Gasteiger partial charge in [-0.15, -0.1) is 0 Å². The summed E-state index contributed by atoms with van der Waals surface area (Å²) in [6.45, 7) is 9.57. The molecule has 0 aliphatic heterocycles. The molecule has 1 atom stereocenters. The second kappa shape index (κ2) is 10.7. The maximum atomic E-state index is 12.5. The van der Waals surface area contributed by atoms with E-state index in [4.69, 9.17) is 9.47 Å². The van der Waals surface area contributed by atoms with Crippen LogP contribution in [0.5, 0.6) is 5.75 Å². The first-order valence-electron chi connectivity index (χ1n) is 11.6. The minimum atomic E-state index is -0.204. The van der Waals surface area contributed by atoms with E-state index in [9.17, 15) is 4.79 Å². The van der Waals surface area contributed by atoms with Crippen molar-refractivity contribution in [2.75, 3.05) is 6.61 Å². The highest BCUT2D eigenvalue weighted by molar-refractivity contribution is 5.90. The van der Waals surface area contributed by atoms with E-state index in [1.54, 1.807) is 0 Å². The maximum absolute atomic E-state index is 12.5. The molecule has 0 bridgehead atoms. The summed E-state index contributed by atoms with van der Waals surface area (Å²) in [5.41, 5.74) is 4.08. The molecule has 1 unspecified atom stereocenters. The fourth-order valence-electron chi connectivity index (χ4n) is 3.89. The van der Waals surface area contributed by atoms with Crippen LogP contribution in [-0.2, 0) is 11.2 Å². The monoisotopic (exact) mass is 408 g/mol. The lowest BCUT2D eigenvalue weighted by Gasteiger charge is -2.26. The molecule has 30 heavy (non-hydrogen) atoms. The fraction of sp³-hybridized carbons (Fsp3) is 0.519. The van der Waals surface area contributed by atoms with Crippen LogP contribution in [0, 0.1) is 11.8 Å². The van der Waals surface area contributed by atoms with Crippen molar-refractivity contribution in [3.05, 3.63) is 53.6 Å². The molecule has 1 aliphatic carbocycles. The van der Waals surface area contributed by atoms with E-state index in [1.165, 1.54) is 5.56 Å². The highest BCUT2D eigenvalue weighted by Crippen LogP contribution is 2.29. The topological polar surface area (TPSA) is 35.5 Å². The lowest BCUT2D eigenvalue weighted by molar-refractivity contribution is 0.0174. The quantitative estimate of drug-likeness (QED) is 0.438. The minimum absolute atomic E-state index is 0.0726. The summed E-state index contributed by atoms with van der Waals surface area (Å²) in [7, 11) is 0. The lowest BCUT2D eigenvalue weighted by atomic mass is 9.89. The van der Waals surface area contributed by atoms with Crippen LogP contribution in [0.1, 0.15) is 75.7 Å². The van der Waals surface area contributed by atoms with Crippen molar-refractivity contribution < 1.29 is 14.3 Å². The Kier molecular flexibility index (Phi) is 7.95. The van der Waals surface area contributed by atoms with E-state index in [0.717, 1.165) is 67.9 Å². The summed E-state index contributed by atoms with van der Waals surface area (Å²) >= 11 is 0. The average molecular weight is 409 g/mol. The Morgan fingerprint density at radius 2 is 1.67 bits per heavy atom. The summed E-state index contributed by atoms with van der Waals surface area (Å²) in [6.07, 6.45) is 6.37. The zero-order chi connectivity index (χ0) is 21.5. The van der Waals surface area contributed by atoms with Gasteiger partial charge in [-0.2, -0.15) is 0 Å². The third-order valence-corrected chi connectivity index (χ3v) is 6.35. The predicted octanol–water partition coefficient (Wildman–Crippen LogP) is 7.08. The molecule has 0 saturated heterocycles. The van der Waals surface area contributed by atoms with Crippen LogP contribution in [0.4, 0.5) is 0 Å². The molecule has 162 valence electrons. The van der Waals surface area contributed by atoms with Crippen LogP contribution >= 0.6 is 0 Å². The first-order valence-corrected chi connectivity index (χ1v) is 11.6. The van der Waals surface area contributed by atoms with Crippen molar-refractivity contribution in [1.29, 1.82) is 0 Å². The van der Waals surface area contributed by atoms with Gasteiger partial charge in [-0.1, -0.05) is 52.3 Å². The van der Waals surface area contributed by atoms with E-state index in [2.05, 4.69) is 45.9 Å². The Morgan fingerprint density at radius 3 is 2.30 bits per heavy atom. The molecular weight excluding hydrogens is 372 g/mol. The van der Waals surface area contributed by atoms with Gasteiger partial charge in [0.1, 0.15) is 11.9 Å². The van der Waals surface area contributed by atoms with Gasteiger partial charge in [0.15, 0.2) is 0 Å². The zero-order valence-electron chi connectivity index (χ0n) is 18.9. The number of esters is 1. The number of carbonyl (C=O) groups is 1. The van der Waals surface area contributed by atoms with E-state index in [1.807, 2.05) is 24.3 Å². The van der Waals surface area contributed by atoms with Gasteiger partial charge in [-0.3, -0.25) is 0 Å². The van der Waals surface area contributed by atoms with Gasteiger partial charge in [0.2, 0.25) is 0 Å². The smallest absolute Gasteiger partial charge is 0.338 e. The molecule has 3 nitrogen and oxygen atoms in total. The molecule has 0 spiro atoms. The van der Waals surface area contributed by atoms with E-state index in [0.29, 0.717) is 11.5 Å². The van der Waals surface area contributed by atoms with Gasteiger partial charge in [-0.25, -0.2) is 4.79 Å². The van der Waals surface area contributed by atoms with Crippen molar-refractivity contribution in [2.24, 2.45) is 11.8 Å². The zero-order valence-corrected chi connectivity index (χ0v) is 18.9. The molecular formula is C27H36O3. The first kappa shape index (κ1) is 22.4. The molecule has 0 amide bonds. The molecule has 2 aromatic carbocycles. The molecule has 1 fully saturated rings. The van der Waals surface area contributed by atoms with Gasteiger partial charge in [0.05, 0.1) is 12.2 Å². The van der Waals surface area contributed by atoms with Crippen molar-refractivity contribution in [3.63, 3.8) is 0 Å². The third-order valence-electron chi connectivity index (χ3n) is 6.35. The maximum Gasteiger partial charge on any atom is 0.338 e. The third kappa shape index (κ3) is 5.87. The molecule has 0 radical (unpaired) electrons. The Balaban J connectivity index is 1.65. The summed E-state index contributed by atoms with van der Waals surface area (Å²) in [4.78, 5) is 12.5. The van der Waals surface area contributed by atoms with Crippen LogP contribution in [0.2, 0.25) is 0 Å². The van der Waals surface area contributed by atoms with E-state index >= 15 is 0 Å². The van der Waals surface area contributed by atoms with Crippen molar-refractivity contribution in [1.82, 2.24) is 0 Å².